The Balaban J connectivity index is 1.44. The van der Waals surface area contributed by atoms with Crippen molar-refractivity contribution in [1.82, 2.24) is 5.32 Å². The maximum absolute atomic E-state index is 11.1. The molecule has 1 unspecified atom stereocenters. The molecule has 1 aliphatic carbocycles. The third-order valence-corrected chi connectivity index (χ3v) is 6.12. The number of rotatable bonds is 11. The third-order valence-electron chi connectivity index (χ3n) is 6.12. The summed E-state index contributed by atoms with van der Waals surface area (Å²) in [6.45, 7) is 1.71. The topological polar surface area (TPSA) is 69.2 Å². The SMILES string of the molecule is COc1ccc(CCCNCCC2(O)CCc3cc(OC)c(OC)cc3C2)cc1OC. The lowest BCUT2D eigenvalue weighted by Gasteiger charge is -2.34. The van der Waals surface area contributed by atoms with Crippen LogP contribution in [0, 0.1) is 0 Å². The minimum Gasteiger partial charge on any atom is -0.493 e. The highest BCUT2D eigenvalue weighted by atomic mass is 16.5. The van der Waals surface area contributed by atoms with Crippen molar-refractivity contribution in [3.8, 4) is 23.0 Å². The molecular weight excluding hydrogens is 394 g/mol. The number of aliphatic hydroxyl groups is 1. The number of hydrogen-bond acceptors (Lipinski definition) is 6. The molecular formula is C25H35NO5. The maximum atomic E-state index is 11.1. The lowest BCUT2D eigenvalue weighted by molar-refractivity contribution is 0.0182. The van der Waals surface area contributed by atoms with Crippen LogP contribution in [0.25, 0.3) is 0 Å². The van der Waals surface area contributed by atoms with Crippen LogP contribution in [-0.4, -0.2) is 52.2 Å². The van der Waals surface area contributed by atoms with E-state index >= 15 is 0 Å². The zero-order valence-electron chi connectivity index (χ0n) is 19.1. The summed E-state index contributed by atoms with van der Waals surface area (Å²) in [5, 5.41) is 14.6. The maximum Gasteiger partial charge on any atom is 0.161 e. The van der Waals surface area contributed by atoms with Gasteiger partial charge in [0.05, 0.1) is 34.0 Å². The molecule has 0 radical (unpaired) electrons. The normalized spacial score (nSPS) is 17.7. The molecule has 1 aliphatic rings. The van der Waals surface area contributed by atoms with Gasteiger partial charge in [-0.05, 0) is 86.1 Å². The number of aryl methyl sites for hydroxylation is 2. The summed E-state index contributed by atoms with van der Waals surface area (Å²) < 4.78 is 21.5. The number of fused-ring (bicyclic) bond motifs is 1. The molecule has 3 rings (SSSR count). The number of benzene rings is 2. The van der Waals surface area contributed by atoms with Gasteiger partial charge in [-0.2, -0.15) is 0 Å². The van der Waals surface area contributed by atoms with Gasteiger partial charge in [-0.1, -0.05) is 6.07 Å². The van der Waals surface area contributed by atoms with Crippen molar-refractivity contribution in [2.24, 2.45) is 0 Å². The fourth-order valence-electron chi connectivity index (χ4n) is 4.28. The molecule has 0 spiro atoms. The predicted octanol–water partition coefficient (Wildman–Crippen LogP) is 3.55. The molecule has 31 heavy (non-hydrogen) atoms. The van der Waals surface area contributed by atoms with Gasteiger partial charge in [0.2, 0.25) is 0 Å². The van der Waals surface area contributed by atoms with Crippen molar-refractivity contribution >= 4 is 0 Å². The van der Waals surface area contributed by atoms with Crippen molar-refractivity contribution in [2.75, 3.05) is 41.5 Å². The van der Waals surface area contributed by atoms with Crippen LogP contribution >= 0.6 is 0 Å². The molecule has 0 amide bonds. The fourth-order valence-corrected chi connectivity index (χ4v) is 4.28. The van der Waals surface area contributed by atoms with Crippen molar-refractivity contribution in [1.29, 1.82) is 0 Å². The molecule has 2 aromatic rings. The van der Waals surface area contributed by atoms with Crippen molar-refractivity contribution in [3.05, 3.63) is 47.0 Å². The summed E-state index contributed by atoms with van der Waals surface area (Å²) in [6.07, 6.45) is 4.99. The Kier molecular flexibility index (Phi) is 8.04. The van der Waals surface area contributed by atoms with E-state index in [-0.39, 0.29) is 0 Å². The first-order chi connectivity index (χ1) is 15.0. The number of hydrogen-bond donors (Lipinski definition) is 2. The molecule has 170 valence electrons. The van der Waals surface area contributed by atoms with Crippen LogP contribution in [0.3, 0.4) is 0 Å². The zero-order valence-corrected chi connectivity index (χ0v) is 19.1. The van der Waals surface area contributed by atoms with E-state index in [1.807, 2.05) is 24.3 Å². The molecule has 6 heteroatoms. The Morgan fingerprint density at radius 1 is 0.839 bits per heavy atom. The second-order valence-electron chi connectivity index (χ2n) is 8.17. The monoisotopic (exact) mass is 429 g/mol. The number of ether oxygens (including phenoxy) is 4. The van der Waals surface area contributed by atoms with E-state index < -0.39 is 5.60 Å². The van der Waals surface area contributed by atoms with Crippen LogP contribution in [0.1, 0.15) is 36.0 Å². The van der Waals surface area contributed by atoms with Gasteiger partial charge < -0.3 is 29.4 Å². The molecule has 0 aliphatic heterocycles. The molecule has 6 nitrogen and oxygen atoms in total. The van der Waals surface area contributed by atoms with Gasteiger partial charge in [0.1, 0.15) is 0 Å². The Morgan fingerprint density at radius 2 is 1.48 bits per heavy atom. The zero-order chi connectivity index (χ0) is 22.3. The van der Waals surface area contributed by atoms with Gasteiger partial charge in [0.25, 0.3) is 0 Å². The van der Waals surface area contributed by atoms with E-state index in [0.717, 1.165) is 73.8 Å². The molecule has 0 heterocycles. The molecule has 0 bridgehead atoms. The first-order valence-corrected chi connectivity index (χ1v) is 10.9. The Labute approximate surface area is 185 Å². The molecule has 0 aromatic heterocycles. The second-order valence-corrected chi connectivity index (χ2v) is 8.17. The molecule has 0 saturated heterocycles. The van der Waals surface area contributed by atoms with Crippen LogP contribution in [0.2, 0.25) is 0 Å². The van der Waals surface area contributed by atoms with Crippen LogP contribution < -0.4 is 24.3 Å². The van der Waals surface area contributed by atoms with E-state index in [1.54, 1.807) is 28.4 Å². The highest BCUT2D eigenvalue weighted by molar-refractivity contribution is 5.49. The average molecular weight is 430 g/mol. The lowest BCUT2D eigenvalue weighted by atomic mass is 9.78. The smallest absolute Gasteiger partial charge is 0.161 e. The lowest BCUT2D eigenvalue weighted by Crippen LogP contribution is -2.39. The average Bonchev–Trinajstić information content (AvgIpc) is 2.80. The van der Waals surface area contributed by atoms with Gasteiger partial charge in [-0.3, -0.25) is 0 Å². The quantitative estimate of drug-likeness (QED) is 0.533. The summed E-state index contributed by atoms with van der Waals surface area (Å²) in [5.74, 6) is 2.99. The largest absolute Gasteiger partial charge is 0.493 e. The summed E-state index contributed by atoms with van der Waals surface area (Å²) in [4.78, 5) is 0. The van der Waals surface area contributed by atoms with Crippen LogP contribution in [-0.2, 0) is 19.3 Å². The summed E-state index contributed by atoms with van der Waals surface area (Å²) in [5.41, 5.74) is 2.94. The summed E-state index contributed by atoms with van der Waals surface area (Å²) in [6, 6.07) is 10.1. The molecule has 0 saturated carbocycles. The highest BCUT2D eigenvalue weighted by Gasteiger charge is 2.32. The van der Waals surface area contributed by atoms with E-state index in [0.29, 0.717) is 6.42 Å². The number of nitrogens with one attached hydrogen (secondary N) is 1. The van der Waals surface area contributed by atoms with Crippen LogP contribution in [0.5, 0.6) is 23.0 Å². The van der Waals surface area contributed by atoms with Gasteiger partial charge >= 0.3 is 0 Å². The van der Waals surface area contributed by atoms with E-state index in [1.165, 1.54) is 11.1 Å². The van der Waals surface area contributed by atoms with Crippen molar-refractivity contribution < 1.29 is 24.1 Å². The molecule has 1 atom stereocenters. The summed E-state index contributed by atoms with van der Waals surface area (Å²) >= 11 is 0. The van der Waals surface area contributed by atoms with Crippen molar-refractivity contribution in [3.63, 3.8) is 0 Å². The Bertz CT molecular complexity index is 869. The molecule has 0 fully saturated rings. The van der Waals surface area contributed by atoms with Gasteiger partial charge in [0.15, 0.2) is 23.0 Å². The fraction of sp³-hybridized carbons (Fsp3) is 0.520. The van der Waals surface area contributed by atoms with E-state index in [4.69, 9.17) is 18.9 Å². The first-order valence-electron chi connectivity index (χ1n) is 10.9. The van der Waals surface area contributed by atoms with E-state index in [9.17, 15) is 5.11 Å². The second kappa shape index (κ2) is 10.7. The summed E-state index contributed by atoms with van der Waals surface area (Å²) in [7, 11) is 6.60. The third kappa shape index (κ3) is 5.83. The Hall–Kier alpha value is -2.44. The van der Waals surface area contributed by atoms with Crippen LogP contribution in [0.15, 0.2) is 30.3 Å². The minimum atomic E-state index is -0.678. The first kappa shape index (κ1) is 23.2. The van der Waals surface area contributed by atoms with Gasteiger partial charge in [0, 0.05) is 6.42 Å². The van der Waals surface area contributed by atoms with Gasteiger partial charge in [-0.15, -0.1) is 0 Å². The minimum absolute atomic E-state index is 0.649. The Morgan fingerprint density at radius 3 is 2.16 bits per heavy atom. The highest BCUT2D eigenvalue weighted by Crippen LogP contribution is 2.37. The molecule has 2 aromatic carbocycles. The van der Waals surface area contributed by atoms with Crippen molar-refractivity contribution in [2.45, 2.75) is 44.1 Å². The standard InChI is InChI=1S/C25H35NO5/c1-28-21-8-7-18(14-22(21)29-2)6-5-12-26-13-11-25(27)10-9-19-15-23(30-3)24(31-4)16-20(19)17-25/h7-8,14-16,26-27H,5-6,9-13,17H2,1-4H3. The predicted molar refractivity (Wildman–Crippen MR) is 122 cm³/mol. The van der Waals surface area contributed by atoms with Gasteiger partial charge in [-0.25, -0.2) is 0 Å². The van der Waals surface area contributed by atoms with E-state index in [2.05, 4.69) is 11.4 Å². The number of methoxy groups -OCH3 is 4. The van der Waals surface area contributed by atoms with Crippen LogP contribution in [0.4, 0.5) is 0 Å². The molecule has 2 N–H and O–H groups in total.